The van der Waals surface area contributed by atoms with Crippen LogP contribution in [0.15, 0.2) is 24.3 Å². The fraction of sp³-hybridized carbons (Fsp3) is 0.667. The van der Waals surface area contributed by atoms with E-state index in [9.17, 15) is 0 Å². The van der Waals surface area contributed by atoms with Crippen molar-refractivity contribution in [2.75, 3.05) is 26.3 Å². The Morgan fingerprint density at radius 3 is 2.48 bits per heavy atom. The zero-order chi connectivity index (χ0) is 15.7. The Balaban J connectivity index is 2.54. The van der Waals surface area contributed by atoms with Crippen LogP contribution in [0.4, 0.5) is 0 Å². The van der Waals surface area contributed by atoms with E-state index in [1.54, 1.807) is 0 Å². The van der Waals surface area contributed by atoms with Gasteiger partial charge in [-0.2, -0.15) is 0 Å². The zero-order valence-electron chi connectivity index (χ0n) is 14.4. The smallest absolute Gasteiger partial charge is 0.0593 e. The van der Waals surface area contributed by atoms with Crippen molar-refractivity contribution in [1.82, 2.24) is 10.2 Å². The molecule has 3 nitrogen and oxygen atoms in total. The van der Waals surface area contributed by atoms with Crippen LogP contribution < -0.4 is 5.32 Å². The summed E-state index contributed by atoms with van der Waals surface area (Å²) in [4.78, 5) is 2.42. The van der Waals surface area contributed by atoms with E-state index in [-0.39, 0.29) is 5.54 Å². The fourth-order valence-corrected chi connectivity index (χ4v) is 2.15. The Hall–Kier alpha value is -0.900. The Morgan fingerprint density at radius 1 is 1.14 bits per heavy atom. The molecule has 0 aliphatic carbocycles. The van der Waals surface area contributed by atoms with Crippen LogP contribution in [-0.2, 0) is 17.8 Å². The van der Waals surface area contributed by atoms with E-state index in [0.29, 0.717) is 0 Å². The highest BCUT2D eigenvalue weighted by Gasteiger charge is 2.09. The number of ether oxygens (including phenoxy) is 1. The fourth-order valence-electron chi connectivity index (χ4n) is 2.15. The van der Waals surface area contributed by atoms with Crippen LogP contribution in [0.2, 0.25) is 0 Å². The average Bonchev–Trinajstić information content (AvgIpc) is 2.44. The number of nitrogens with one attached hydrogen (secondary N) is 1. The minimum Gasteiger partial charge on any atom is -0.380 e. The van der Waals surface area contributed by atoms with Crippen molar-refractivity contribution in [2.24, 2.45) is 0 Å². The number of rotatable bonds is 9. The Labute approximate surface area is 130 Å². The summed E-state index contributed by atoms with van der Waals surface area (Å²) in [6.45, 7) is 16.4. The van der Waals surface area contributed by atoms with Gasteiger partial charge in [0.25, 0.3) is 0 Å². The van der Waals surface area contributed by atoms with E-state index < -0.39 is 0 Å². The molecule has 0 saturated heterocycles. The predicted octanol–water partition coefficient (Wildman–Crippen LogP) is 3.43. The topological polar surface area (TPSA) is 24.5 Å². The van der Waals surface area contributed by atoms with E-state index in [1.165, 1.54) is 11.1 Å². The third-order valence-corrected chi connectivity index (χ3v) is 3.42. The molecule has 1 N–H and O–H groups in total. The number of hydrogen-bond donors (Lipinski definition) is 1. The maximum atomic E-state index is 5.45. The van der Waals surface area contributed by atoms with Gasteiger partial charge in [-0.15, -0.1) is 0 Å². The lowest BCUT2D eigenvalue weighted by molar-refractivity contribution is 0.113. The van der Waals surface area contributed by atoms with Gasteiger partial charge in [0, 0.05) is 31.8 Å². The van der Waals surface area contributed by atoms with E-state index in [2.05, 4.69) is 62.2 Å². The molecule has 0 unspecified atom stereocenters. The lowest BCUT2D eigenvalue weighted by Gasteiger charge is -2.22. The first-order valence-electron chi connectivity index (χ1n) is 8.07. The Morgan fingerprint density at radius 2 is 1.86 bits per heavy atom. The standard InChI is InChI=1S/C18H32N2O/c1-6-20(11-12-21-7-2)15-17-10-8-9-16(13-17)14-19-18(3,4)5/h8-10,13,19H,6-7,11-12,14-15H2,1-5H3. The number of benzene rings is 1. The van der Waals surface area contributed by atoms with Crippen molar-refractivity contribution < 1.29 is 4.74 Å². The van der Waals surface area contributed by atoms with E-state index in [1.807, 2.05) is 6.92 Å². The third kappa shape index (κ3) is 8.20. The molecule has 0 radical (unpaired) electrons. The lowest BCUT2D eigenvalue weighted by Crippen LogP contribution is -2.35. The quantitative estimate of drug-likeness (QED) is 0.706. The lowest BCUT2D eigenvalue weighted by atomic mass is 10.1. The second kappa shape index (κ2) is 9.19. The molecule has 0 bridgehead atoms. The molecule has 0 amide bonds. The van der Waals surface area contributed by atoms with Crippen LogP contribution >= 0.6 is 0 Å². The summed E-state index contributed by atoms with van der Waals surface area (Å²) in [6, 6.07) is 8.87. The number of likely N-dealkylation sites (N-methyl/N-ethyl adjacent to an activating group) is 1. The first kappa shape index (κ1) is 18.1. The minimum atomic E-state index is 0.156. The summed E-state index contributed by atoms with van der Waals surface area (Å²) in [7, 11) is 0. The van der Waals surface area contributed by atoms with Crippen LogP contribution in [0.3, 0.4) is 0 Å². The SMILES string of the molecule is CCOCCN(CC)Cc1cccc(CNC(C)(C)C)c1. The first-order chi connectivity index (χ1) is 9.94. The van der Waals surface area contributed by atoms with Gasteiger partial charge in [0.1, 0.15) is 0 Å². The van der Waals surface area contributed by atoms with Crippen molar-refractivity contribution in [1.29, 1.82) is 0 Å². The van der Waals surface area contributed by atoms with Crippen LogP contribution in [0, 0.1) is 0 Å². The van der Waals surface area contributed by atoms with Gasteiger partial charge in [-0.05, 0) is 45.4 Å². The molecular formula is C18H32N2O. The molecule has 120 valence electrons. The van der Waals surface area contributed by atoms with Crippen LogP contribution in [-0.4, -0.2) is 36.7 Å². The van der Waals surface area contributed by atoms with E-state index >= 15 is 0 Å². The van der Waals surface area contributed by atoms with Gasteiger partial charge in [0.2, 0.25) is 0 Å². The van der Waals surface area contributed by atoms with Crippen molar-refractivity contribution in [3.63, 3.8) is 0 Å². The molecule has 3 heteroatoms. The van der Waals surface area contributed by atoms with Crippen LogP contribution in [0.1, 0.15) is 45.7 Å². The van der Waals surface area contributed by atoms with Gasteiger partial charge in [0.05, 0.1) is 6.61 Å². The highest BCUT2D eigenvalue weighted by molar-refractivity contribution is 5.23. The molecule has 0 aromatic heterocycles. The summed E-state index contributed by atoms with van der Waals surface area (Å²) >= 11 is 0. The second-order valence-electron chi connectivity index (χ2n) is 6.49. The molecule has 0 aliphatic rings. The van der Waals surface area contributed by atoms with Gasteiger partial charge >= 0.3 is 0 Å². The normalized spacial score (nSPS) is 12.1. The molecule has 0 spiro atoms. The van der Waals surface area contributed by atoms with Gasteiger partial charge in [-0.3, -0.25) is 4.90 Å². The molecule has 1 rings (SSSR count). The molecule has 1 aromatic rings. The second-order valence-corrected chi connectivity index (χ2v) is 6.49. The molecule has 0 atom stereocenters. The van der Waals surface area contributed by atoms with Gasteiger partial charge in [0.15, 0.2) is 0 Å². The van der Waals surface area contributed by atoms with Gasteiger partial charge in [-0.1, -0.05) is 31.2 Å². The highest BCUT2D eigenvalue weighted by Crippen LogP contribution is 2.10. The minimum absolute atomic E-state index is 0.156. The van der Waals surface area contributed by atoms with Crippen molar-refractivity contribution in [3.8, 4) is 0 Å². The number of hydrogen-bond acceptors (Lipinski definition) is 3. The van der Waals surface area contributed by atoms with Crippen LogP contribution in [0.25, 0.3) is 0 Å². The summed E-state index contributed by atoms with van der Waals surface area (Å²) in [5.41, 5.74) is 2.88. The largest absolute Gasteiger partial charge is 0.380 e. The van der Waals surface area contributed by atoms with Crippen molar-refractivity contribution >= 4 is 0 Å². The first-order valence-corrected chi connectivity index (χ1v) is 8.07. The summed E-state index contributed by atoms with van der Waals surface area (Å²) < 4.78 is 5.45. The average molecular weight is 292 g/mol. The van der Waals surface area contributed by atoms with Gasteiger partial charge < -0.3 is 10.1 Å². The Kier molecular flexibility index (Phi) is 7.94. The highest BCUT2D eigenvalue weighted by atomic mass is 16.5. The summed E-state index contributed by atoms with van der Waals surface area (Å²) in [5.74, 6) is 0. The molecule has 0 fully saturated rings. The van der Waals surface area contributed by atoms with Crippen molar-refractivity contribution in [3.05, 3.63) is 35.4 Å². The molecule has 0 saturated carbocycles. The molecule has 0 heterocycles. The van der Waals surface area contributed by atoms with Crippen molar-refractivity contribution in [2.45, 2.75) is 53.2 Å². The molecule has 1 aromatic carbocycles. The zero-order valence-corrected chi connectivity index (χ0v) is 14.4. The Bertz CT molecular complexity index is 398. The maximum Gasteiger partial charge on any atom is 0.0593 e. The van der Waals surface area contributed by atoms with Crippen LogP contribution in [0.5, 0.6) is 0 Å². The van der Waals surface area contributed by atoms with Gasteiger partial charge in [-0.25, -0.2) is 0 Å². The molecular weight excluding hydrogens is 260 g/mol. The monoisotopic (exact) mass is 292 g/mol. The number of nitrogens with zero attached hydrogens (tertiary/aromatic N) is 1. The third-order valence-electron chi connectivity index (χ3n) is 3.42. The van der Waals surface area contributed by atoms with E-state index in [4.69, 9.17) is 4.74 Å². The van der Waals surface area contributed by atoms with E-state index in [0.717, 1.165) is 39.4 Å². The molecule has 0 aliphatic heterocycles. The summed E-state index contributed by atoms with van der Waals surface area (Å²) in [6.07, 6.45) is 0. The maximum absolute atomic E-state index is 5.45. The predicted molar refractivity (Wildman–Crippen MR) is 90.5 cm³/mol. The molecule has 21 heavy (non-hydrogen) atoms. The summed E-state index contributed by atoms with van der Waals surface area (Å²) in [5, 5.41) is 3.54.